The van der Waals surface area contributed by atoms with Crippen molar-refractivity contribution >= 4 is 21.9 Å². The van der Waals surface area contributed by atoms with Crippen molar-refractivity contribution < 1.29 is 9.90 Å². The fourth-order valence-corrected chi connectivity index (χ4v) is 1.92. The molecule has 1 aromatic carbocycles. The van der Waals surface area contributed by atoms with Gasteiger partial charge < -0.3 is 5.11 Å². The molecule has 0 aliphatic rings. The maximum atomic E-state index is 10.9. The molecule has 1 N–H and O–H groups in total. The summed E-state index contributed by atoms with van der Waals surface area (Å²) in [5, 5.41) is 16.5. The summed E-state index contributed by atoms with van der Waals surface area (Å²) in [5.41, 5.74) is 2.30. The fourth-order valence-electron chi connectivity index (χ4n) is 1.57. The van der Waals surface area contributed by atoms with Gasteiger partial charge in [-0.1, -0.05) is 27.2 Å². The molecular formula is C11H10BrN3O2. The van der Waals surface area contributed by atoms with Crippen molar-refractivity contribution in [2.45, 2.75) is 13.8 Å². The summed E-state index contributed by atoms with van der Waals surface area (Å²) in [6.07, 6.45) is 0. The molecule has 17 heavy (non-hydrogen) atoms. The number of carboxylic acid groups (broad SMARTS) is 1. The van der Waals surface area contributed by atoms with Gasteiger partial charge in [0.2, 0.25) is 0 Å². The molecule has 0 saturated carbocycles. The van der Waals surface area contributed by atoms with Crippen molar-refractivity contribution in [2.75, 3.05) is 0 Å². The number of aromatic nitrogens is 3. The molecule has 0 spiro atoms. The summed E-state index contributed by atoms with van der Waals surface area (Å²) < 4.78 is 2.44. The van der Waals surface area contributed by atoms with Crippen molar-refractivity contribution in [1.29, 1.82) is 0 Å². The van der Waals surface area contributed by atoms with Gasteiger partial charge in [0.15, 0.2) is 5.69 Å². The Morgan fingerprint density at radius 3 is 2.71 bits per heavy atom. The van der Waals surface area contributed by atoms with E-state index in [1.54, 1.807) is 6.92 Å². The van der Waals surface area contributed by atoms with Gasteiger partial charge in [0.1, 0.15) is 0 Å². The molecule has 6 heteroatoms. The van der Waals surface area contributed by atoms with Crippen LogP contribution in [0.15, 0.2) is 22.7 Å². The summed E-state index contributed by atoms with van der Waals surface area (Å²) in [6, 6.07) is 5.73. The van der Waals surface area contributed by atoms with Crippen LogP contribution in [0, 0.1) is 13.8 Å². The number of carbonyl (C=O) groups is 1. The highest BCUT2D eigenvalue weighted by Gasteiger charge is 2.16. The minimum atomic E-state index is -1.07. The van der Waals surface area contributed by atoms with Crippen LogP contribution in [0.1, 0.15) is 21.7 Å². The molecule has 1 aromatic heterocycles. The third-order valence-electron chi connectivity index (χ3n) is 2.50. The Morgan fingerprint density at radius 2 is 2.12 bits per heavy atom. The second kappa shape index (κ2) is 4.29. The number of aryl methyl sites for hydroxylation is 1. The summed E-state index contributed by atoms with van der Waals surface area (Å²) in [7, 11) is 0. The third kappa shape index (κ3) is 2.08. The normalized spacial score (nSPS) is 10.5. The molecule has 0 aliphatic heterocycles. The number of halogens is 1. The Labute approximate surface area is 106 Å². The molecule has 0 radical (unpaired) electrons. The molecule has 2 aromatic rings. The zero-order valence-electron chi connectivity index (χ0n) is 9.31. The topological polar surface area (TPSA) is 68.0 Å². The minimum Gasteiger partial charge on any atom is -0.476 e. The average Bonchev–Trinajstić information content (AvgIpc) is 2.64. The molecule has 0 amide bonds. The van der Waals surface area contributed by atoms with E-state index in [4.69, 9.17) is 5.11 Å². The number of rotatable bonds is 2. The smallest absolute Gasteiger partial charge is 0.358 e. The molecule has 88 valence electrons. The van der Waals surface area contributed by atoms with E-state index in [2.05, 4.69) is 26.2 Å². The Morgan fingerprint density at radius 1 is 1.41 bits per heavy atom. The quantitative estimate of drug-likeness (QED) is 0.923. The van der Waals surface area contributed by atoms with Crippen LogP contribution in [0.25, 0.3) is 5.69 Å². The van der Waals surface area contributed by atoms with Crippen molar-refractivity contribution in [3.05, 3.63) is 39.6 Å². The van der Waals surface area contributed by atoms with Crippen LogP contribution in [0.4, 0.5) is 0 Å². The summed E-state index contributed by atoms with van der Waals surface area (Å²) in [4.78, 5) is 10.9. The van der Waals surface area contributed by atoms with Gasteiger partial charge in [-0.05, 0) is 31.5 Å². The van der Waals surface area contributed by atoms with Gasteiger partial charge in [-0.2, -0.15) is 0 Å². The Balaban J connectivity index is 2.61. The molecule has 2 rings (SSSR count). The van der Waals surface area contributed by atoms with Crippen LogP contribution in [-0.2, 0) is 0 Å². The molecule has 0 fully saturated rings. The predicted octanol–water partition coefficient (Wildman–Crippen LogP) is 2.34. The van der Waals surface area contributed by atoms with E-state index in [0.717, 1.165) is 15.7 Å². The maximum absolute atomic E-state index is 10.9. The van der Waals surface area contributed by atoms with Crippen LogP contribution < -0.4 is 0 Å². The van der Waals surface area contributed by atoms with Gasteiger partial charge in [-0.15, -0.1) is 5.10 Å². The van der Waals surface area contributed by atoms with E-state index in [-0.39, 0.29) is 5.69 Å². The van der Waals surface area contributed by atoms with E-state index in [9.17, 15) is 4.79 Å². The number of aromatic carboxylic acids is 1. The fraction of sp³-hybridized carbons (Fsp3) is 0.182. The molecule has 0 aliphatic carbocycles. The minimum absolute atomic E-state index is 0.0237. The van der Waals surface area contributed by atoms with Crippen molar-refractivity contribution in [1.82, 2.24) is 15.0 Å². The van der Waals surface area contributed by atoms with E-state index >= 15 is 0 Å². The van der Waals surface area contributed by atoms with E-state index in [1.165, 1.54) is 4.68 Å². The van der Waals surface area contributed by atoms with Crippen LogP contribution in [0.5, 0.6) is 0 Å². The number of carboxylic acids is 1. The van der Waals surface area contributed by atoms with Crippen LogP contribution in [0.2, 0.25) is 0 Å². The molecule has 0 bridgehead atoms. The molecular weight excluding hydrogens is 286 g/mol. The van der Waals surface area contributed by atoms with Gasteiger partial charge in [0.05, 0.1) is 11.4 Å². The molecule has 0 saturated heterocycles. The molecule has 0 atom stereocenters. The van der Waals surface area contributed by atoms with Crippen molar-refractivity contribution in [2.24, 2.45) is 0 Å². The maximum Gasteiger partial charge on any atom is 0.358 e. The molecule has 5 nitrogen and oxygen atoms in total. The Kier molecular flexibility index (Phi) is 2.97. The lowest BCUT2D eigenvalue weighted by atomic mass is 10.2. The second-order valence-corrected chi connectivity index (χ2v) is 4.59. The van der Waals surface area contributed by atoms with Crippen LogP contribution in [0.3, 0.4) is 0 Å². The largest absolute Gasteiger partial charge is 0.476 e. The monoisotopic (exact) mass is 295 g/mol. The lowest BCUT2D eigenvalue weighted by Crippen LogP contribution is -2.04. The van der Waals surface area contributed by atoms with Gasteiger partial charge in [-0.25, -0.2) is 9.48 Å². The standard InChI is InChI=1S/C11H10BrN3O2/c1-6-3-4-8(12)5-9(6)15-7(2)10(11(16)17)13-14-15/h3-5H,1-2H3,(H,16,17). The SMILES string of the molecule is Cc1ccc(Br)cc1-n1nnc(C(=O)O)c1C. The van der Waals surface area contributed by atoms with E-state index < -0.39 is 5.97 Å². The second-order valence-electron chi connectivity index (χ2n) is 3.67. The van der Waals surface area contributed by atoms with Gasteiger partial charge in [-0.3, -0.25) is 0 Å². The number of nitrogens with zero attached hydrogens (tertiary/aromatic N) is 3. The zero-order valence-corrected chi connectivity index (χ0v) is 10.9. The molecule has 1 heterocycles. The summed E-state index contributed by atoms with van der Waals surface area (Å²) >= 11 is 3.38. The lowest BCUT2D eigenvalue weighted by Gasteiger charge is -2.07. The first-order chi connectivity index (χ1) is 8.00. The summed E-state index contributed by atoms with van der Waals surface area (Å²) in [6.45, 7) is 3.62. The average molecular weight is 296 g/mol. The number of hydrogen-bond acceptors (Lipinski definition) is 3. The first-order valence-electron chi connectivity index (χ1n) is 4.93. The highest BCUT2D eigenvalue weighted by molar-refractivity contribution is 9.10. The van der Waals surface area contributed by atoms with E-state index in [1.807, 2.05) is 25.1 Å². The van der Waals surface area contributed by atoms with Gasteiger partial charge >= 0.3 is 5.97 Å². The number of hydrogen-bond donors (Lipinski definition) is 1. The summed E-state index contributed by atoms with van der Waals surface area (Å²) in [5.74, 6) is -1.07. The van der Waals surface area contributed by atoms with Gasteiger partial charge in [0, 0.05) is 4.47 Å². The van der Waals surface area contributed by atoms with Gasteiger partial charge in [0.25, 0.3) is 0 Å². The number of benzene rings is 1. The van der Waals surface area contributed by atoms with E-state index in [0.29, 0.717) is 5.69 Å². The Bertz CT molecular complexity index is 592. The first kappa shape index (κ1) is 11.8. The Hall–Kier alpha value is -1.69. The predicted molar refractivity (Wildman–Crippen MR) is 65.5 cm³/mol. The van der Waals surface area contributed by atoms with Crippen molar-refractivity contribution in [3.63, 3.8) is 0 Å². The van der Waals surface area contributed by atoms with Crippen LogP contribution in [-0.4, -0.2) is 26.1 Å². The zero-order chi connectivity index (χ0) is 12.6. The lowest BCUT2D eigenvalue weighted by molar-refractivity contribution is 0.0689. The first-order valence-corrected chi connectivity index (χ1v) is 5.72. The third-order valence-corrected chi connectivity index (χ3v) is 2.99. The van der Waals surface area contributed by atoms with Crippen molar-refractivity contribution in [3.8, 4) is 5.69 Å². The highest BCUT2D eigenvalue weighted by atomic mass is 79.9. The molecule has 0 unspecified atom stereocenters. The highest BCUT2D eigenvalue weighted by Crippen LogP contribution is 2.21. The van der Waals surface area contributed by atoms with Crippen LogP contribution >= 0.6 is 15.9 Å².